The fourth-order valence-electron chi connectivity index (χ4n) is 2.01. The van der Waals surface area contributed by atoms with Crippen molar-refractivity contribution in [2.45, 2.75) is 18.8 Å². The molecule has 0 fully saturated rings. The van der Waals surface area contributed by atoms with Crippen molar-refractivity contribution in [1.82, 2.24) is 0 Å². The fraction of sp³-hybridized carbons (Fsp3) is 0.188. The minimum absolute atomic E-state index is 0.177. The standard InChI is InChI=1S/C16H13Cl2N/c17-14-9-6-12(7-10-14)5-8-13(11-19)15-3-1-2-4-16(15)18/h1-4,6-7,9-10,13H,5,8H2. The van der Waals surface area contributed by atoms with Crippen LogP contribution in [0.3, 0.4) is 0 Å². The van der Waals surface area contributed by atoms with Crippen molar-refractivity contribution in [3.05, 3.63) is 69.7 Å². The van der Waals surface area contributed by atoms with Gasteiger partial charge in [0.05, 0.1) is 12.0 Å². The Hall–Kier alpha value is -1.49. The van der Waals surface area contributed by atoms with Gasteiger partial charge in [0.2, 0.25) is 0 Å². The molecule has 0 aliphatic carbocycles. The molecule has 3 heteroatoms. The molecule has 2 aromatic carbocycles. The quantitative estimate of drug-likeness (QED) is 0.756. The zero-order valence-electron chi connectivity index (χ0n) is 10.3. The van der Waals surface area contributed by atoms with Gasteiger partial charge in [0, 0.05) is 10.0 Å². The van der Waals surface area contributed by atoms with E-state index in [1.165, 1.54) is 5.56 Å². The van der Waals surface area contributed by atoms with E-state index in [0.29, 0.717) is 5.02 Å². The molecule has 0 heterocycles. The second-order valence-corrected chi connectivity index (χ2v) is 5.21. The van der Waals surface area contributed by atoms with Crippen LogP contribution in [0.4, 0.5) is 0 Å². The first kappa shape index (κ1) is 13.9. The van der Waals surface area contributed by atoms with Gasteiger partial charge in [0.1, 0.15) is 0 Å². The third-order valence-corrected chi connectivity index (χ3v) is 3.67. The molecule has 0 saturated carbocycles. The van der Waals surface area contributed by atoms with Crippen LogP contribution in [0.2, 0.25) is 10.0 Å². The number of halogens is 2. The molecule has 1 unspecified atom stereocenters. The molecule has 0 bridgehead atoms. The largest absolute Gasteiger partial charge is 0.198 e. The van der Waals surface area contributed by atoms with Crippen molar-refractivity contribution in [3.63, 3.8) is 0 Å². The highest BCUT2D eigenvalue weighted by molar-refractivity contribution is 6.31. The number of benzene rings is 2. The van der Waals surface area contributed by atoms with Crippen LogP contribution in [0.1, 0.15) is 23.5 Å². The predicted molar refractivity (Wildman–Crippen MR) is 79.6 cm³/mol. The van der Waals surface area contributed by atoms with Crippen molar-refractivity contribution < 1.29 is 0 Å². The fourth-order valence-corrected chi connectivity index (χ4v) is 2.40. The first-order valence-electron chi connectivity index (χ1n) is 6.09. The molecule has 2 rings (SSSR count). The molecular formula is C16H13Cl2N. The number of hydrogen-bond donors (Lipinski definition) is 0. The molecule has 19 heavy (non-hydrogen) atoms. The molecule has 0 radical (unpaired) electrons. The van der Waals surface area contributed by atoms with Gasteiger partial charge in [-0.25, -0.2) is 0 Å². The van der Waals surface area contributed by atoms with E-state index in [4.69, 9.17) is 23.2 Å². The van der Waals surface area contributed by atoms with Crippen LogP contribution in [0.25, 0.3) is 0 Å². The van der Waals surface area contributed by atoms with Crippen molar-refractivity contribution >= 4 is 23.2 Å². The van der Waals surface area contributed by atoms with Crippen LogP contribution in [0, 0.1) is 11.3 Å². The summed E-state index contributed by atoms with van der Waals surface area (Å²) in [6, 6.07) is 17.6. The Labute approximate surface area is 123 Å². The van der Waals surface area contributed by atoms with Crippen LogP contribution >= 0.6 is 23.2 Å². The van der Waals surface area contributed by atoms with E-state index in [1.807, 2.05) is 48.5 Å². The van der Waals surface area contributed by atoms with Gasteiger partial charge in [-0.2, -0.15) is 5.26 Å². The monoisotopic (exact) mass is 289 g/mol. The van der Waals surface area contributed by atoms with Crippen LogP contribution in [-0.2, 0) is 6.42 Å². The lowest BCUT2D eigenvalue weighted by Gasteiger charge is -2.11. The molecular weight excluding hydrogens is 277 g/mol. The van der Waals surface area contributed by atoms with Crippen molar-refractivity contribution in [1.29, 1.82) is 5.26 Å². The highest BCUT2D eigenvalue weighted by Gasteiger charge is 2.13. The number of nitriles is 1. The Morgan fingerprint density at radius 2 is 1.68 bits per heavy atom. The van der Waals surface area contributed by atoms with Gasteiger partial charge in [0.15, 0.2) is 0 Å². The van der Waals surface area contributed by atoms with Gasteiger partial charge < -0.3 is 0 Å². The Morgan fingerprint density at radius 3 is 2.32 bits per heavy atom. The van der Waals surface area contributed by atoms with Gasteiger partial charge in [-0.15, -0.1) is 0 Å². The second-order valence-electron chi connectivity index (χ2n) is 4.37. The summed E-state index contributed by atoms with van der Waals surface area (Å²) in [7, 11) is 0. The smallest absolute Gasteiger partial charge is 0.0730 e. The van der Waals surface area contributed by atoms with Crippen LogP contribution in [0.15, 0.2) is 48.5 Å². The van der Waals surface area contributed by atoms with Crippen molar-refractivity contribution in [2.75, 3.05) is 0 Å². The van der Waals surface area contributed by atoms with E-state index >= 15 is 0 Å². The number of aryl methyl sites for hydroxylation is 1. The average Bonchev–Trinajstić information content (AvgIpc) is 2.43. The highest BCUT2D eigenvalue weighted by atomic mass is 35.5. The van der Waals surface area contributed by atoms with Crippen LogP contribution in [-0.4, -0.2) is 0 Å². The summed E-state index contributed by atoms with van der Waals surface area (Å²) in [5.41, 5.74) is 2.08. The summed E-state index contributed by atoms with van der Waals surface area (Å²) in [5, 5.41) is 10.7. The Morgan fingerprint density at radius 1 is 1.00 bits per heavy atom. The predicted octanol–water partition coefficient (Wildman–Crippen LogP) is 5.23. The summed E-state index contributed by atoms with van der Waals surface area (Å²) in [4.78, 5) is 0. The molecule has 0 aromatic heterocycles. The molecule has 1 nitrogen and oxygen atoms in total. The Balaban J connectivity index is 2.07. The summed E-state index contributed by atoms with van der Waals surface area (Å²) in [6.07, 6.45) is 1.59. The average molecular weight is 290 g/mol. The molecule has 1 atom stereocenters. The maximum Gasteiger partial charge on any atom is 0.0730 e. The molecule has 0 spiro atoms. The SMILES string of the molecule is N#CC(CCc1ccc(Cl)cc1)c1ccccc1Cl. The number of hydrogen-bond acceptors (Lipinski definition) is 1. The van der Waals surface area contributed by atoms with Crippen molar-refractivity contribution in [2.24, 2.45) is 0 Å². The maximum absolute atomic E-state index is 9.30. The molecule has 2 aromatic rings. The normalized spacial score (nSPS) is 11.8. The zero-order chi connectivity index (χ0) is 13.7. The molecule has 0 amide bonds. The van der Waals surface area contributed by atoms with Crippen LogP contribution < -0.4 is 0 Å². The molecule has 0 saturated heterocycles. The number of rotatable bonds is 4. The van der Waals surface area contributed by atoms with Crippen molar-refractivity contribution in [3.8, 4) is 6.07 Å². The van der Waals surface area contributed by atoms with Gasteiger partial charge >= 0.3 is 0 Å². The summed E-state index contributed by atoms with van der Waals surface area (Å²) in [6.45, 7) is 0. The Bertz CT molecular complexity index is 584. The van der Waals surface area contributed by atoms with Gasteiger partial charge in [-0.3, -0.25) is 0 Å². The first-order valence-corrected chi connectivity index (χ1v) is 6.85. The minimum atomic E-state index is -0.177. The minimum Gasteiger partial charge on any atom is -0.198 e. The van der Waals surface area contributed by atoms with E-state index < -0.39 is 0 Å². The maximum atomic E-state index is 9.30. The lowest BCUT2D eigenvalue weighted by atomic mass is 9.93. The third kappa shape index (κ3) is 3.73. The zero-order valence-corrected chi connectivity index (χ0v) is 11.8. The van der Waals surface area contributed by atoms with Gasteiger partial charge in [-0.05, 0) is 42.2 Å². The highest BCUT2D eigenvalue weighted by Crippen LogP contribution is 2.27. The lowest BCUT2D eigenvalue weighted by Crippen LogP contribution is -1.99. The van der Waals surface area contributed by atoms with Gasteiger partial charge in [-0.1, -0.05) is 53.5 Å². The van der Waals surface area contributed by atoms with E-state index in [2.05, 4.69) is 6.07 Å². The number of nitrogens with zero attached hydrogens (tertiary/aromatic N) is 1. The van der Waals surface area contributed by atoms with E-state index in [0.717, 1.165) is 23.4 Å². The third-order valence-electron chi connectivity index (χ3n) is 3.07. The van der Waals surface area contributed by atoms with E-state index in [9.17, 15) is 5.26 Å². The van der Waals surface area contributed by atoms with Crippen LogP contribution in [0.5, 0.6) is 0 Å². The summed E-state index contributed by atoms with van der Waals surface area (Å²) < 4.78 is 0. The van der Waals surface area contributed by atoms with Gasteiger partial charge in [0.25, 0.3) is 0 Å². The summed E-state index contributed by atoms with van der Waals surface area (Å²) in [5.74, 6) is -0.177. The topological polar surface area (TPSA) is 23.8 Å². The Kier molecular flexibility index (Phi) is 4.85. The molecule has 0 aliphatic rings. The van der Waals surface area contributed by atoms with E-state index in [-0.39, 0.29) is 5.92 Å². The lowest BCUT2D eigenvalue weighted by molar-refractivity contribution is 0.746. The first-order chi connectivity index (χ1) is 9.20. The molecule has 0 N–H and O–H groups in total. The summed E-state index contributed by atoms with van der Waals surface area (Å²) >= 11 is 12.0. The molecule has 96 valence electrons. The molecule has 0 aliphatic heterocycles. The van der Waals surface area contributed by atoms with E-state index in [1.54, 1.807) is 0 Å². The second kappa shape index (κ2) is 6.61.